The molecule has 2 bridgehead atoms. The van der Waals surface area contributed by atoms with Crippen LogP contribution in [0.1, 0.15) is 50.1 Å². The molecule has 2 saturated carbocycles. The summed E-state index contributed by atoms with van der Waals surface area (Å²) in [5.41, 5.74) is 0.582. The lowest BCUT2D eigenvalue weighted by molar-refractivity contribution is -0.150. The SMILES string of the molecule is O=C(O)C12CC(C1)N(c1nccc(Nc3cc(C4CCCC4)[nH]n3)n1)C2. The highest BCUT2D eigenvalue weighted by Gasteiger charge is 2.60. The van der Waals surface area contributed by atoms with E-state index in [0.717, 1.165) is 5.82 Å². The Kier molecular flexibility index (Phi) is 3.41. The molecule has 6 rings (SSSR count). The monoisotopic (exact) mass is 354 g/mol. The van der Waals surface area contributed by atoms with Crippen LogP contribution in [0.2, 0.25) is 0 Å². The summed E-state index contributed by atoms with van der Waals surface area (Å²) in [4.78, 5) is 22.4. The molecule has 2 saturated heterocycles. The van der Waals surface area contributed by atoms with E-state index in [9.17, 15) is 9.90 Å². The van der Waals surface area contributed by atoms with Crippen molar-refractivity contribution in [2.75, 3.05) is 16.8 Å². The van der Waals surface area contributed by atoms with Crippen LogP contribution in [0.4, 0.5) is 17.6 Å². The van der Waals surface area contributed by atoms with Crippen molar-refractivity contribution in [2.24, 2.45) is 5.41 Å². The molecular formula is C18H22N6O2. The molecule has 8 nitrogen and oxygen atoms in total. The maximum atomic E-state index is 11.5. The largest absolute Gasteiger partial charge is 0.481 e. The van der Waals surface area contributed by atoms with Gasteiger partial charge in [0.25, 0.3) is 0 Å². The van der Waals surface area contributed by atoms with Gasteiger partial charge in [-0.1, -0.05) is 12.8 Å². The average Bonchev–Trinajstić information content (AvgIpc) is 3.36. The predicted molar refractivity (Wildman–Crippen MR) is 95.5 cm³/mol. The highest BCUT2D eigenvalue weighted by molar-refractivity contribution is 5.79. The van der Waals surface area contributed by atoms with Crippen LogP contribution in [0.3, 0.4) is 0 Å². The number of nitrogens with one attached hydrogen (secondary N) is 2. The van der Waals surface area contributed by atoms with E-state index in [1.165, 1.54) is 31.4 Å². The molecule has 2 aliphatic heterocycles. The van der Waals surface area contributed by atoms with Gasteiger partial charge in [-0.05, 0) is 31.7 Å². The molecule has 0 amide bonds. The fourth-order valence-electron chi connectivity index (χ4n) is 4.66. The van der Waals surface area contributed by atoms with E-state index in [4.69, 9.17) is 0 Å². The molecule has 8 heteroatoms. The first-order valence-corrected chi connectivity index (χ1v) is 9.28. The minimum absolute atomic E-state index is 0.237. The molecule has 26 heavy (non-hydrogen) atoms. The molecule has 4 heterocycles. The lowest BCUT2D eigenvalue weighted by Crippen LogP contribution is -2.40. The quantitative estimate of drug-likeness (QED) is 0.757. The Hall–Kier alpha value is -2.64. The number of aliphatic carboxylic acids is 1. The van der Waals surface area contributed by atoms with Gasteiger partial charge in [-0.15, -0.1) is 0 Å². The number of rotatable bonds is 5. The summed E-state index contributed by atoms with van der Waals surface area (Å²) in [7, 11) is 0. The van der Waals surface area contributed by atoms with Crippen LogP contribution in [0.25, 0.3) is 0 Å². The fraction of sp³-hybridized carbons (Fsp3) is 0.556. The second kappa shape index (κ2) is 5.69. The zero-order chi connectivity index (χ0) is 17.7. The van der Waals surface area contributed by atoms with Gasteiger partial charge < -0.3 is 15.3 Å². The normalized spacial score (nSPS) is 27.5. The summed E-state index contributed by atoms with van der Waals surface area (Å²) in [6.07, 6.45) is 8.11. The van der Waals surface area contributed by atoms with Gasteiger partial charge in [0.2, 0.25) is 5.95 Å². The van der Waals surface area contributed by atoms with E-state index in [1.54, 1.807) is 12.3 Å². The molecule has 0 aromatic carbocycles. The first kappa shape index (κ1) is 15.6. The van der Waals surface area contributed by atoms with Gasteiger partial charge in [-0.3, -0.25) is 9.89 Å². The van der Waals surface area contributed by atoms with Crippen molar-refractivity contribution in [1.82, 2.24) is 20.2 Å². The average molecular weight is 354 g/mol. The van der Waals surface area contributed by atoms with Crippen molar-refractivity contribution in [2.45, 2.75) is 50.5 Å². The van der Waals surface area contributed by atoms with E-state index in [0.29, 0.717) is 37.1 Å². The maximum absolute atomic E-state index is 11.5. The maximum Gasteiger partial charge on any atom is 0.311 e. The minimum atomic E-state index is -0.707. The summed E-state index contributed by atoms with van der Waals surface area (Å²) < 4.78 is 0. The zero-order valence-corrected chi connectivity index (χ0v) is 14.5. The molecular weight excluding hydrogens is 332 g/mol. The molecule has 0 spiro atoms. The molecule has 3 N–H and O–H groups in total. The van der Waals surface area contributed by atoms with Gasteiger partial charge in [-0.2, -0.15) is 10.1 Å². The van der Waals surface area contributed by atoms with Crippen molar-refractivity contribution >= 4 is 23.6 Å². The topological polar surface area (TPSA) is 107 Å². The van der Waals surface area contributed by atoms with Crippen molar-refractivity contribution in [3.05, 3.63) is 24.0 Å². The molecule has 4 fully saturated rings. The van der Waals surface area contributed by atoms with Crippen molar-refractivity contribution < 1.29 is 9.90 Å². The number of aromatic nitrogens is 4. The third-order valence-corrected chi connectivity index (χ3v) is 6.17. The molecule has 0 radical (unpaired) electrons. The standard InChI is InChI=1S/C18H22N6O2/c25-16(26)18-8-12(9-18)24(10-18)17-19-6-5-14(21-17)20-15-7-13(22-23-15)11-3-1-2-4-11/h5-7,11-12H,1-4,8-10H2,(H,25,26)(H2,19,20,21,22,23). The van der Waals surface area contributed by atoms with Crippen LogP contribution < -0.4 is 10.2 Å². The van der Waals surface area contributed by atoms with Gasteiger partial charge >= 0.3 is 5.97 Å². The summed E-state index contributed by atoms with van der Waals surface area (Å²) in [5, 5.41) is 20.2. The van der Waals surface area contributed by atoms with Crippen LogP contribution in [-0.2, 0) is 4.79 Å². The molecule has 0 unspecified atom stereocenters. The smallest absolute Gasteiger partial charge is 0.311 e. The third kappa shape index (κ3) is 2.43. The number of anilines is 3. The van der Waals surface area contributed by atoms with E-state index < -0.39 is 11.4 Å². The fourth-order valence-corrected chi connectivity index (χ4v) is 4.66. The number of hydrogen-bond acceptors (Lipinski definition) is 6. The minimum Gasteiger partial charge on any atom is -0.481 e. The highest BCUT2D eigenvalue weighted by Crippen LogP contribution is 2.52. The number of hydrogen-bond donors (Lipinski definition) is 3. The first-order valence-electron chi connectivity index (χ1n) is 9.28. The lowest BCUT2D eigenvalue weighted by Gasteiger charge is -2.32. The van der Waals surface area contributed by atoms with Gasteiger partial charge in [0.05, 0.1) is 5.41 Å². The number of carbonyl (C=O) groups is 1. The van der Waals surface area contributed by atoms with Gasteiger partial charge in [0.1, 0.15) is 5.82 Å². The van der Waals surface area contributed by atoms with Crippen molar-refractivity contribution in [1.29, 1.82) is 0 Å². The first-order chi connectivity index (χ1) is 12.6. The molecule has 2 aromatic rings. The number of H-pyrrole nitrogens is 1. The molecule has 4 aliphatic rings. The Labute approximate surface area is 151 Å². The Morgan fingerprint density at radius 1 is 1.31 bits per heavy atom. The Bertz CT molecular complexity index is 838. The second-order valence-electron chi connectivity index (χ2n) is 7.83. The van der Waals surface area contributed by atoms with Crippen LogP contribution in [0.15, 0.2) is 18.3 Å². The number of carboxylic acids is 1. The van der Waals surface area contributed by atoms with Crippen molar-refractivity contribution in [3.8, 4) is 0 Å². The number of carboxylic acid groups (broad SMARTS) is 1. The lowest BCUT2D eigenvalue weighted by atomic mass is 9.70. The van der Waals surface area contributed by atoms with E-state index >= 15 is 0 Å². The third-order valence-electron chi connectivity index (χ3n) is 6.17. The van der Waals surface area contributed by atoms with Gasteiger partial charge in [-0.25, -0.2) is 4.98 Å². The number of fused-ring (bicyclic) bond motifs is 1. The highest BCUT2D eigenvalue weighted by atomic mass is 16.4. The molecule has 2 aromatic heterocycles. The number of aromatic amines is 1. The predicted octanol–water partition coefficient (Wildman–Crippen LogP) is 2.65. The van der Waals surface area contributed by atoms with Crippen LogP contribution >= 0.6 is 0 Å². The Morgan fingerprint density at radius 3 is 2.85 bits per heavy atom. The molecule has 136 valence electrons. The summed E-state index contributed by atoms with van der Waals surface area (Å²) in [6.45, 7) is 0.491. The van der Waals surface area contributed by atoms with Crippen LogP contribution in [-0.4, -0.2) is 43.8 Å². The Balaban J connectivity index is 1.31. The van der Waals surface area contributed by atoms with Crippen molar-refractivity contribution in [3.63, 3.8) is 0 Å². The summed E-state index contributed by atoms with van der Waals surface area (Å²) >= 11 is 0. The summed E-state index contributed by atoms with van der Waals surface area (Å²) in [5.74, 6) is 1.90. The van der Waals surface area contributed by atoms with E-state index in [2.05, 4.69) is 31.5 Å². The number of nitrogens with zero attached hydrogens (tertiary/aromatic N) is 4. The molecule has 0 atom stereocenters. The van der Waals surface area contributed by atoms with E-state index in [-0.39, 0.29) is 6.04 Å². The second-order valence-corrected chi connectivity index (χ2v) is 7.83. The van der Waals surface area contributed by atoms with Gasteiger partial charge in [0, 0.05) is 36.5 Å². The summed E-state index contributed by atoms with van der Waals surface area (Å²) in [6, 6.07) is 4.10. The molecule has 2 aliphatic carbocycles. The van der Waals surface area contributed by atoms with Gasteiger partial charge in [0.15, 0.2) is 5.82 Å². The Morgan fingerprint density at radius 2 is 2.12 bits per heavy atom. The van der Waals surface area contributed by atoms with E-state index in [1.807, 2.05) is 4.90 Å². The van der Waals surface area contributed by atoms with Crippen LogP contribution in [0.5, 0.6) is 0 Å². The zero-order valence-electron chi connectivity index (χ0n) is 14.5. The van der Waals surface area contributed by atoms with Crippen LogP contribution in [0, 0.1) is 5.41 Å².